The minimum absolute atomic E-state index is 0.00239. The quantitative estimate of drug-likeness (QED) is 0.0778. The Balaban J connectivity index is 1.65. The number of nitrogen functional groups attached to an aromatic ring is 1. The zero-order chi connectivity index (χ0) is 36.3. The number of benzene rings is 5. The van der Waals surface area contributed by atoms with E-state index in [4.69, 9.17) is 5.73 Å². The second-order valence-corrected chi connectivity index (χ2v) is 15.9. The lowest BCUT2D eigenvalue weighted by atomic mass is 10.1. The van der Waals surface area contributed by atoms with E-state index in [9.17, 15) is 61.5 Å². The van der Waals surface area contributed by atoms with Crippen LogP contribution in [-0.4, -0.2) is 64.7 Å². The van der Waals surface area contributed by atoms with Crippen LogP contribution in [0, 0.1) is 0 Å². The fourth-order valence-corrected chi connectivity index (χ4v) is 7.77. The van der Waals surface area contributed by atoms with Gasteiger partial charge in [0.2, 0.25) is 12.8 Å². The maximum Gasteiger partial charge on any atom is 0.295 e. The van der Waals surface area contributed by atoms with E-state index in [-0.39, 0.29) is 50.0 Å². The number of nitrogens with zero attached hydrogens (tertiary/aromatic N) is 2. The molecule has 0 saturated heterocycles. The third-order valence-corrected chi connectivity index (χ3v) is 10.6. The highest BCUT2D eigenvalue weighted by atomic mass is 32.2. The van der Waals surface area contributed by atoms with Gasteiger partial charge in [-0.2, -0.15) is 33.7 Å². The van der Waals surface area contributed by atoms with Gasteiger partial charge in [-0.3, -0.25) is 37.6 Å². The fraction of sp³-hybridized carbons (Fsp3) is 0. The van der Waals surface area contributed by atoms with E-state index in [0.717, 1.165) is 21.9 Å². The summed E-state index contributed by atoms with van der Waals surface area (Å²) < 4.78 is 134. The molecule has 2 amide bonds. The molecule has 0 aromatic heterocycles. The van der Waals surface area contributed by atoms with E-state index in [2.05, 4.69) is 0 Å². The molecule has 0 aliphatic carbocycles. The van der Waals surface area contributed by atoms with Crippen LogP contribution >= 0.6 is 0 Å². The molecule has 0 saturated carbocycles. The first-order valence-corrected chi connectivity index (χ1v) is 18.8. The first-order valence-electron chi connectivity index (χ1n) is 13.1. The van der Waals surface area contributed by atoms with Crippen molar-refractivity contribution < 1.29 is 61.5 Å². The van der Waals surface area contributed by atoms with E-state index in [1.165, 1.54) is 54.6 Å². The number of hydrogen-bond donors (Lipinski definition) is 5. The Labute approximate surface area is 277 Å². The first kappa shape index (κ1) is 35.3. The van der Waals surface area contributed by atoms with E-state index in [1.54, 1.807) is 0 Å². The van der Waals surface area contributed by atoms with Gasteiger partial charge in [-0.25, -0.2) is 0 Å². The largest absolute Gasteiger partial charge is 0.399 e. The summed E-state index contributed by atoms with van der Waals surface area (Å²) in [6.07, 6.45) is 0.621. The van der Waals surface area contributed by atoms with Crippen LogP contribution in [0.4, 0.5) is 28.4 Å². The average Bonchev–Trinajstić information content (AvgIpc) is 2.98. The predicted molar refractivity (Wildman–Crippen MR) is 174 cm³/mol. The van der Waals surface area contributed by atoms with Crippen LogP contribution in [0.3, 0.4) is 0 Å². The van der Waals surface area contributed by atoms with Crippen molar-refractivity contribution in [2.24, 2.45) is 0 Å². The van der Waals surface area contributed by atoms with E-state index >= 15 is 0 Å². The van der Waals surface area contributed by atoms with Gasteiger partial charge in [0.25, 0.3) is 40.5 Å². The summed E-state index contributed by atoms with van der Waals surface area (Å²) in [6, 6.07) is 14.0. The highest BCUT2D eigenvalue weighted by Crippen LogP contribution is 2.37. The number of carbonyl (C=O) groups is 2. The topological polar surface area (TPSA) is 284 Å². The van der Waals surface area contributed by atoms with Crippen LogP contribution in [-0.2, 0) is 50.1 Å². The third kappa shape index (κ3) is 7.09. The van der Waals surface area contributed by atoms with Crippen molar-refractivity contribution in [1.82, 2.24) is 0 Å². The van der Waals surface area contributed by atoms with Gasteiger partial charge in [-0.15, -0.1) is 0 Å². The summed E-state index contributed by atoms with van der Waals surface area (Å²) in [7, 11) is -19.9. The summed E-state index contributed by atoms with van der Waals surface area (Å²) >= 11 is 0. The van der Waals surface area contributed by atoms with Gasteiger partial charge in [-0.05, 0) is 77.5 Å². The predicted octanol–water partition coefficient (Wildman–Crippen LogP) is 3.15. The van der Waals surface area contributed by atoms with Gasteiger partial charge in [0, 0.05) is 27.8 Å². The molecule has 49 heavy (non-hydrogen) atoms. The summed E-state index contributed by atoms with van der Waals surface area (Å²) in [5.74, 6) is 0. The van der Waals surface area contributed by atoms with Gasteiger partial charge in [-0.1, -0.05) is 12.1 Å². The molecule has 0 unspecified atom stereocenters. The molecular weight excluding hydrogens is 731 g/mol. The molecule has 0 atom stereocenters. The SMILES string of the molecule is Nc1cc(N(C=O)c2ccc3c(S(=O)(=O)O)cc(S(=O)(=O)O)cc3c2)cc(N(C=O)c2ccc3c(S(=O)(=O)O)cc(S(=O)(=O)O)cc3c2)c1. The lowest BCUT2D eigenvalue weighted by molar-refractivity contribution is -0.107. The molecule has 0 aliphatic heterocycles. The van der Waals surface area contributed by atoms with Gasteiger partial charge in [0.1, 0.15) is 9.79 Å². The summed E-state index contributed by atoms with van der Waals surface area (Å²) in [4.78, 5) is 23.3. The third-order valence-electron chi connectivity index (χ3n) is 7.14. The van der Waals surface area contributed by atoms with Crippen LogP contribution in [0.15, 0.2) is 98.4 Å². The molecule has 256 valence electrons. The molecule has 0 fully saturated rings. The van der Waals surface area contributed by atoms with E-state index in [0.29, 0.717) is 25.0 Å². The first-order chi connectivity index (χ1) is 22.6. The lowest BCUT2D eigenvalue weighted by Crippen LogP contribution is -2.18. The Morgan fingerprint density at radius 3 is 1.14 bits per heavy atom. The monoisotopic (exact) mass is 751 g/mol. The van der Waals surface area contributed by atoms with Gasteiger partial charge in [0.15, 0.2) is 0 Å². The molecule has 21 heteroatoms. The molecule has 0 aliphatic rings. The number of amides is 2. The molecular formula is C28H21N3O14S4. The number of fused-ring (bicyclic) bond motifs is 2. The van der Waals surface area contributed by atoms with Crippen molar-refractivity contribution in [1.29, 1.82) is 0 Å². The van der Waals surface area contributed by atoms with Crippen molar-refractivity contribution in [3.05, 3.63) is 78.9 Å². The zero-order valence-electron chi connectivity index (χ0n) is 24.1. The molecule has 5 rings (SSSR count). The lowest BCUT2D eigenvalue weighted by Gasteiger charge is -2.23. The molecule has 0 radical (unpaired) electrons. The van der Waals surface area contributed by atoms with Crippen molar-refractivity contribution in [2.75, 3.05) is 15.5 Å². The van der Waals surface area contributed by atoms with Gasteiger partial charge >= 0.3 is 0 Å². The van der Waals surface area contributed by atoms with E-state index < -0.39 is 60.1 Å². The summed E-state index contributed by atoms with van der Waals surface area (Å²) in [6.45, 7) is 0. The molecule has 0 bridgehead atoms. The minimum Gasteiger partial charge on any atom is -0.399 e. The van der Waals surface area contributed by atoms with Crippen LogP contribution in [0.2, 0.25) is 0 Å². The van der Waals surface area contributed by atoms with Crippen molar-refractivity contribution in [3.63, 3.8) is 0 Å². The Morgan fingerprint density at radius 2 is 0.837 bits per heavy atom. The molecule has 17 nitrogen and oxygen atoms in total. The molecule has 6 N–H and O–H groups in total. The van der Waals surface area contributed by atoms with Crippen LogP contribution < -0.4 is 15.5 Å². The Hall–Kier alpha value is -5.00. The minimum atomic E-state index is -4.98. The smallest absolute Gasteiger partial charge is 0.295 e. The Morgan fingerprint density at radius 1 is 0.469 bits per heavy atom. The summed E-state index contributed by atoms with van der Waals surface area (Å²) in [5.41, 5.74) is 6.13. The van der Waals surface area contributed by atoms with Crippen LogP contribution in [0.1, 0.15) is 0 Å². The molecule has 0 heterocycles. The van der Waals surface area contributed by atoms with Gasteiger partial charge in [0.05, 0.1) is 21.2 Å². The van der Waals surface area contributed by atoms with Crippen LogP contribution in [0.25, 0.3) is 21.5 Å². The molecule has 5 aromatic carbocycles. The summed E-state index contributed by atoms with van der Waals surface area (Å²) in [5, 5.41) is -0.572. The zero-order valence-corrected chi connectivity index (χ0v) is 27.4. The maximum atomic E-state index is 12.4. The van der Waals surface area contributed by atoms with Crippen molar-refractivity contribution in [3.8, 4) is 0 Å². The highest BCUT2D eigenvalue weighted by Gasteiger charge is 2.24. The Bertz CT molecular complexity index is 2500. The number of nitrogens with two attached hydrogens (primary N) is 1. The van der Waals surface area contributed by atoms with Gasteiger partial charge < -0.3 is 5.73 Å². The normalized spacial score (nSPS) is 12.6. The highest BCUT2D eigenvalue weighted by molar-refractivity contribution is 7.87. The molecule has 5 aromatic rings. The standard InChI is InChI=1S/C28H21N3O14S4/c29-18-9-21(30(14-32)19-1-3-25-16(5-19)7-23(46(34,35)36)12-27(25)48(40,41)42)11-22(10-18)31(15-33)20-2-4-26-17(6-20)8-24(47(37,38)39)13-28(26)49(43,44)45/h1-15H,29H2,(H,34,35,36)(H,37,38,39)(H,40,41,42)(H,43,44,45). The molecule has 0 spiro atoms. The maximum absolute atomic E-state index is 12.4. The van der Waals surface area contributed by atoms with Crippen LogP contribution in [0.5, 0.6) is 0 Å². The number of carbonyl (C=O) groups excluding carboxylic acids is 2. The fourth-order valence-electron chi connectivity index (χ4n) is 5.05. The van der Waals surface area contributed by atoms with Crippen molar-refractivity contribution in [2.45, 2.75) is 19.6 Å². The number of anilines is 5. The number of rotatable bonds is 10. The Kier molecular flexibility index (Phi) is 8.76. The second kappa shape index (κ2) is 12.2. The number of hydrogen-bond acceptors (Lipinski definition) is 11. The van der Waals surface area contributed by atoms with Crippen molar-refractivity contribution >= 4 is 103 Å². The second-order valence-electron chi connectivity index (χ2n) is 10.3. The van der Waals surface area contributed by atoms with E-state index in [1.807, 2.05) is 0 Å². The average molecular weight is 752 g/mol.